The first-order chi connectivity index (χ1) is 13.2. The maximum absolute atomic E-state index is 11.8. The Morgan fingerprint density at radius 3 is 2.61 bits per heavy atom. The summed E-state index contributed by atoms with van der Waals surface area (Å²) in [5, 5.41) is 13.3. The summed E-state index contributed by atoms with van der Waals surface area (Å²) in [5.74, 6) is 1.81. The van der Waals surface area contributed by atoms with Gasteiger partial charge in [-0.2, -0.15) is 4.52 Å². The topological polar surface area (TPSA) is 71.6 Å². The second-order valence-corrected chi connectivity index (χ2v) is 8.69. The monoisotopic (exact) mass is 381 g/mol. The number of rotatable bonds is 4. The average Bonchev–Trinajstić information content (AvgIpc) is 3.00. The molecule has 0 spiro atoms. The summed E-state index contributed by atoms with van der Waals surface area (Å²) in [6.07, 6.45) is 1.82. The van der Waals surface area contributed by atoms with Crippen LogP contribution in [-0.4, -0.2) is 55.5 Å². The summed E-state index contributed by atoms with van der Waals surface area (Å²) < 4.78 is 3.44. The zero-order valence-corrected chi connectivity index (χ0v) is 17.1. The maximum atomic E-state index is 11.8. The molecule has 3 aromatic heterocycles. The van der Waals surface area contributed by atoms with Crippen LogP contribution in [0.2, 0.25) is 0 Å². The number of hydrogen-bond donors (Lipinski definition) is 0. The summed E-state index contributed by atoms with van der Waals surface area (Å²) in [6.45, 7) is 8.93. The van der Waals surface area contributed by atoms with E-state index in [1.54, 1.807) is 17.7 Å². The van der Waals surface area contributed by atoms with E-state index in [1.165, 1.54) is 0 Å². The summed E-state index contributed by atoms with van der Waals surface area (Å²) in [7, 11) is 3.87. The summed E-state index contributed by atoms with van der Waals surface area (Å²) >= 11 is 0. The van der Waals surface area contributed by atoms with Crippen molar-refractivity contribution in [1.82, 2.24) is 29.3 Å². The lowest BCUT2D eigenvalue weighted by molar-refractivity contribution is 0.196. The lowest BCUT2D eigenvalue weighted by Crippen LogP contribution is -2.58. The molecule has 148 valence electrons. The number of pyridine rings is 1. The minimum Gasteiger partial charge on any atom is -0.352 e. The van der Waals surface area contributed by atoms with Crippen molar-refractivity contribution in [3.63, 3.8) is 0 Å². The van der Waals surface area contributed by atoms with Crippen molar-refractivity contribution in [2.75, 3.05) is 25.0 Å². The van der Waals surface area contributed by atoms with Crippen LogP contribution in [0.1, 0.15) is 32.2 Å². The fourth-order valence-corrected chi connectivity index (χ4v) is 3.44. The molecule has 0 amide bonds. The van der Waals surface area contributed by atoms with E-state index in [1.807, 2.05) is 28.9 Å². The van der Waals surface area contributed by atoms with Gasteiger partial charge in [0.15, 0.2) is 11.5 Å². The Morgan fingerprint density at radius 2 is 1.93 bits per heavy atom. The number of anilines is 1. The number of nitrogens with zero attached hydrogens (tertiary/aromatic N) is 7. The van der Waals surface area contributed by atoms with Crippen molar-refractivity contribution >= 4 is 11.5 Å². The standard InChI is InChI=1S/C20H27N7O/c1-20(2,3)19-22-21-16-6-7-17(23-27(16)19)26-12-15(13-26)25(5)11-14-8-9-24(4)18(28)10-14/h6-10,15H,11-13H2,1-5H3. The zero-order chi connectivity index (χ0) is 20.1. The minimum absolute atomic E-state index is 0.0298. The Labute approximate surface area is 164 Å². The van der Waals surface area contributed by atoms with E-state index in [9.17, 15) is 4.79 Å². The van der Waals surface area contributed by atoms with Crippen molar-refractivity contribution in [3.8, 4) is 0 Å². The molecule has 4 rings (SSSR count). The van der Waals surface area contributed by atoms with Crippen molar-refractivity contribution in [2.24, 2.45) is 7.05 Å². The lowest BCUT2D eigenvalue weighted by Gasteiger charge is -2.44. The first-order valence-corrected chi connectivity index (χ1v) is 9.56. The summed E-state index contributed by atoms with van der Waals surface area (Å²) in [6, 6.07) is 8.13. The molecule has 0 N–H and O–H groups in total. The molecule has 1 fully saturated rings. The van der Waals surface area contributed by atoms with Crippen LogP contribution in [-0.2, 0) is 19.0 Å². The van der Waals surface area contributed by atoms with Crippen LogP contribution in [0.4, 0.5) is 5.82 Å². The summed E-state index contributed by atoms with van der Waals surface area (Å²) in [5.41, 5.74) is 1.73. The summed E-state index contributed by atoms with van der Waals surface area (Å²) in [4.78, 5) is 16.4. The first-order valence-electron chi connectivity index (χ1n) is 9.56. The second-order valence-electron chi connectivity index (χ2n) is 8.69. The molecule has 3 aromatic rings. The second kappa shape index (κ2) is 6.70. The van der Waals surface area contributed by atoms with Gasteiger partial charge in [-0.1, -0.05) is 20.8 Å². The van der Waals surface area contributed by atoms with Crippen molar-refractivity contribution in [1.29, 1.82) is 0 Å². The predicted molar refractivity (Wildman–Crippen MR) is 109 cm³/mol. The van der Waals surface area contributed by atoms with Gasteiger partial charge in [0.1, 0.15) is 5.82 Å². The molecule has 0 bridgehead atoms. The van der Waals surface area contributed by atoms with Crippen LogP contribution in [0, 0.1) is 0 Å². The van der Waals surface area contributed by atoms with E-state index < -0.39 is 0 Å². The van der Waals surface area contributed by atoms with Crippen molar-refractivity contribution in [2.45, 2.75) is 38.8 Å². The van der Waals surface area contributed by atoms with E-state index in [4.69, 9.17) is 5.10 Å². The number of likely N-dealkylation sites (N-methyl/N-ethyl adjacent to an activating group) is 1. The number of aromatic nitrogens is 5. The Bertz CT molecular complexity index is 1060. The molecule has 0 aliphatic carbocycles. The molecule has 8 heteroatoms. The highest BCUT2D eigenvalue weighted by Crippen LogP contribution is 2.25. The average molecular weight is 381 g/mol. The molecule has 0 unspecified atom stereocenters. The van der Waals surface area contributed by atoms with Gasteiger partial charge >= 0.3 is 0 Å². The van der Waals surface area contributed by atoms with Gasteiger partial charge in [0, 0.05) is 50.4 Å². The third-order valence-corrected chi connectivity index (χ3v) is 5.33. The Hall–Kier alpha value is -2.74. The Kier molecular flexibility index (Phi) is 4.45. The van der Waals surface area contributed by atoms with Gasteiger partial charge in [0.2, 0.25) is 0 Å². The van der Waals surface area contributed by atoms with Gasteiger partial charge in [-0.05, 0) is 30.8 Å². The highest BCUT2D eigenvalue weighted by molar-refractivity contribution is 5.48. The van der Waals surface area contributed by atoms with E-state index in [0.717, 1.165) is 42.5 Å². The third kappa shape index (κ3) is 3.40. The van der Waals surface area contributed by atoms with Gasteiger partial charge in [0.25, 0.3) is 5.56 Å². The highest BCUT2D eigenvalue weighted by atomic mass is 16.1. The number of hydrogen-bond acceptors (Lipinski definition) is 6. The molecular formula is C20H27N7O. The molecule has 8 nitrogen and oxygen atoms in total. The first kappa shape index (κ1) is 18.6. The van der Waals surface area contributed by atoms with Gasteiger partial charge in [-0.3, -0.25) is 9.69 Å². The van der Waals surface area contributed by atoms with E-state index in [-0.39, 0.29) is 11.0 Å². The van der Waals surface area contributed by atoms with Crippen molar-refractivity contribution < 1.29 is 0 Å². The molecule has 28 heavy (non-hydrogen) atoms. The number of fused-ring (bicyclic) bond motifs is 1. The van der Waals surface area contributed by atoms with Crippen LogP contribution in [0.25, 0.3) is 5.65 Å². The largest absolute Gasteiger partial charge is 0.352 e. The maximum Gasteiger partial charge on any atom is 0.250 e. The zero-order valence-electron chi connectivity index (χ0n) is 17.1. The van der Waals surface area contributed by atoms with Gasteiger partial charge < -0.3 is 9.47 Å². The van der Waals surface area contributed by atoms with Crippen LogP contribution in [0.5, 0.6) is 0 Å². The van der Waals surface area contributed by atoms with Crippen LogP contribution >= 0.6 is 0 Å². The van der Waals surface area contributed by atoms with Gasteiger partial charge in [-0.25, -0.2) is 0 Å². The Morgan fingerprint density at radius 1 is 1.18 bits per heavy atom. The molecule has 0 saturated carbocycles. The third-order valence-electron chi connectivity index (χ3n) is 5.33. The number of aryl methyl sites for hydroxylation is 1. The van der Waals surface area contributed by atoms with Gasteiger partial charge in [-0.15, -0.1) is 15.3 Å². The van der Waals surface area contributed by atoms with E-state index >= 15 is 0 Å². The SMILES string of the molecule is CN(Cc1ccn(C)c(=O)c1)C1CN(c2ccc3nnc(C(C)(C)C)n3n2)C1. The highest BCUT2D eigenvalue weighted by Gasteiger charge is 2.31. The minimum atomic E-state index is -0.116. The molecule has 1 aliphatic heterocycles. The molecule has 1 saturated heterocycles. The van der Waals surface area contributed by atoms with E-state index in [0.29, 0.717) is 6.04 Å². The normalized spacial score (nSPS) is 15.4. The van der Waals surface area contributed by atoms with Crippen LogP contribution in [0.15, 0.2) is 35.3 Å². The fraction of sp³-hybridized carbons (Fsp3) is 0.500. The van der Waals surface area contributed by atoms with Crippen LogP contribution in [0.3, 0.4) is 0 Å². The molecule has 0 radical (unpaired) electrons. The quantitative estimate of drug-likeness (QED) is 0.681. The molecular weight excluding hydrogens is 354 g/mol. The molecule has 0 aromatic carbocycles. The van der Waals surface area contributed by atoms with E-state index in [2.05, 4.69) is 47.8 Å². The van der Waals surface area contributed by atoms with Gasteiger partial charge in [0.05, 0.1) is 0 Å². The Balaban J connectivity index is 1.44. The molecule has 1 aliphatic rings. The fourth-order valence-electron chi connectivity index (χ4n) is 3.44. The van der Waals surface area contributed by atoms with Crippen LogP contribution < -0.4 is 10.5 Å². The smallest absolute Gasteiger partial charge is 0.250 e. The van der Waals surface area contributed by atoms with Crippen molar-refractivity contribution in [3.05, 3.63) is 52.2 Å². The molecule has 0 atom stereocenters. The predicted octanol–water partition coefficient (Wildman–Crippen LogP) is 1.44. The lowest BCUT2D eigenvalue weighted by atomic mass is 9.96. The molecule has 4 heterocycles.